The van der Waals surface area contributed by atoms with Gasteiger partial charge >= 0.3 is 0 Å². The molecule has 1 heterocycles. The molecule has 0 saturated heterocycles. The lowest BCUT2D eigenvalue weighted by Gasteiger charge is -2.18. The standard InChI is InChI=1S/C22H21ClN2O2S/c1-4-12-28-22-24-19(13-16-8-6-15(5-2)7-9-16)21(26)25(22)17-10-11-20(27-3)18(23)14-17/h4,6-11,13-14H,1,5,12H2,2-3H3/b19-13+. The molecule has 4 nitrogen and oxygen atoms in total. The van der Waals surface area contributed by atoms with E-state index in [-0.39, 0.29) is 5.91 Å². The predicted molar refractivity (Wildman–Crippen MR) is 119 cm³/mol. The van der Waals surface area contributed by atoms with Gasteiger partial charge in [-0.1, -0.05) is 60.6 Å². The highest BCUT2D eigenvalue weighted by Crippen LogP contribution is 2.34. The molecule has 0 atom stereocenters. The molecule has 0 saturated carbocycles. The number of carbonyl (C=O) groups excluding carboxylic acids is 1. The fraction of sp³-hybridized carbons (Fsp3) is 0.182. The minimum absolute atomic E-state index is 0.188. The third kappa shape index (κ3) is 4.32. The molecule has 0 radical (unpaired) electrons. The molecular weight excluding hydrogens is 392 g/mol. The Morgan fingerprint density at radius 3 is 2.61 bits per heavy atom. The molecule has 1 aliphatic rings. The van der Waals surface area contributed by atoms with Crippen LogP contribution in [0.1, 0.15) is 18.1 Å². The number of hydrogen-bond donors (Lipinski definition) is 0. The molecule has 0 aliphatic carbocycles. The van der Waals surface area contributed by atoms with Crippen LogP contribution < -0.4 is 9.64 Å². The number of aryl methyl sites for hydroxylation is 1. The largest absolute Gasteiger partial charge is 0.495 e. The Balaban J connectivity index is 1.96. The van der Waals surface area contributed by atoms with Crippen molar-refractivity contribution in [1.29, 1.82) is 0 Å². The maximum absolute atomic E-state index is 13.1. The summed E-state index contributed by atoms with van der Waals surface area (Å²) < 4.78 is 5.20. The van der Waals surface area contributed by atoms with Crippen molar-refractivity contribution in [3.05, 3.63) is 77.0 Å². The molecule has 2 aromatic carbocycles. The summed E-state index contributed by atoms with van der Waals surface area (Å²) in [7, 11) is 1.55. The van der Waals surface area contributed by atoms with E-state index >= 15 is 0 Å². The number of nitrogens with zero attached hydrogens (tertiary/aromatic N) is 2. The zero-order valence-corrected chi connectivity index (χ0v) is 17.4. The minimum atomic E-state index is -0.188. The van der Waals surface area contributed by atoms with Crippen LogP contribution in [0.15, 0.2) is 65.8 Å². The van der Waals surface area contributed by atoms with E-state index in [9.17, 15) is 4.79 Å². The number of halogens is 1. The van der Waals surface area contributed by atoms with E-state index in [1.165, 1.54) is 17.3 Å². The van der Waals surface area contributed by atoms with Gasteiger partial charge in [0.05, 0.1) is 17.8 Å². The fourth-order valence-electron chi connectivity index (χ4n) is 2.76. The lowest BCUT2D eigenvalue weighted by molar-refractivity contribution is -0.113. The van der Waals surface area contributed by atoms with Gasteiger partial charge in [-0.3, -0.25) is 9.69 Å². The second-order valence-electron chi connectivity index (χ2n) is 6.08. The molecule has 1 amide bonds. The first-order valence-corrected chi connectivity index (χ1v) is 10.2. The molecule has 0 unspecified atom stereocenters. The van der Waals surface area contributed by atoms with E-state index in [4.69, 9.17) is 16.3 Å². The topological polar surface area (TPSA) is 41.9 Å². The molecule has 0 fully saturated rings. The van der Waals surface area contributed by atoms with Gasteiger partial charge < -0.3 is 4.74 Å². The fourth-order valence-corrected chi connectivity index (χ4v) is 3.76. The van der Waals surface area contributed by atoms with E-state index in [0.717, 1.165) is 12.0 Å². The third-order valence-electron chi connectivity index (χ3n) is 4.24. The number of amides is 1. The average molecular weight is 413 g/mol. The summed E-state index contributed by atoms with van der Waals surface area (Å²) in [4.78, 5) is 19.2. The SMILES string of the molecule is C=CCSC1=N/C(=C/c2ccc(CC)cc2)C(=O)N1c1ccc(OC)c(Cl)c1. The van der Waals surface area contributed by atoms with Crippen molar-refractivity contribution in [3.8, 4) is 5.75 Å². The monoisotopic (exact) mass is 412 g/mol. The summed E-state index contributed by atoms with van der Waals surface area (Å²) in [6.45, 7) is 5.86. The molecule has 2 aromatic rings. The molecule has 0 aromatic heterocycles. The van der Waals surface area contributed by atoms with Crippen LogP contribution in [-0.4, -0.2) is 23.9 Å². The second-order valence-corrected chi connectivity index (χ2v) is 7.47. The Morgan fingerprint density at radius 1 is 1.25 bits per heavy atom. The minimum Gasteiger partial charge on any atom is -0.495 e. The molecule has 1 aliphatic heterocycles. The summed E-state index contributed by atoms with van der Waals surface area (Å²) in [6, 6.07) is 13.4. The predicted octanol–water partition coefficient (Wildman–Crippen LogP) is 5.57. The Labute approximate surface area is 174 Å². The van der Waals surface area contributed by atoms with E-state index < -0.39 is 0 Å². The summed E-state index contributed by atoms with van der Waals surface area (Å²) in [5.74, 6) is 1.01. The lowest BCUT2D eigenvalue weighted by Crippen LogP contribution is -2.30. The van der Waals surface area contributed by atoms with Crippen LogP contribution >= 0.6 is 23.4 Å². The van der Waals surface area contributed by atoms with E-state index in [1.54, 1.807) is 42.4 Å². The summed E-state index contributed by atoms with van der Waals surface area (Å²) in [5.41, 5.74) is 3.23. The first kappa shape index (κ1) is 20.2. The number of methoxy groups -OCH3 is 1. The average Bonchev–Trinajstić information content (AvgIpc) is 3.02. The van der Waals surface area contributed by atoms with Crippen LogP contribution in [0.2, 0.25) is 5.02 Å². The molecular formula is C22H21ClN2O2S. The van der Waals surface area contributed by atoms with Crippen LogP contribution in [0.25, 0.3) is 6.08 Å². The highest BCUT2D eigenvalue weighted by molar-refractivity contribution is 8.14. The summed E-state index contributed by atoms with van der Waals surface area (Å²) in [6.07, 6.45) is 4.56. The Morgan fingerprint density at radius 2 is 2.00 bits per heavy atom. The zero-order chi connectivity index (χ0) is 20.1. The normalized spacial score (nSPS) is 15.1. The van der Waals surface area contributed by atoms with Crippen molar-refractivity contribution in [2.24, 2.45) is 4.99 Å². The van der Waals surface area contributed by atoms with Crippen LogP contribution in [0.3, 0.4) is 0 Å². The Hall–Kier alpha value is -2.50. The number of benzene rings is 2. The van der Waals surface area contributed by atoms with Gasteiger partial charge in [0.15, 0.2) is 5.17 Å². The molecule has 0 N–H and O–H groups in total. The third-order valence-corrected chi connectivity index (χ3v) is 5.47. The number of anilines is 1. The van der Waals surface area contributed by atoms with Crippen molar-refractivity contribution in [2.75, 3.05) is 17.8 Å². The van der Waals surface area contributed by atoms with Crippen LogP contribution in [0.5, 0.6) is 5.75 Å². The van der Waals surface area contributed by atoms with Crippen molar-refractivity contribution in [1.82, 2.24) is 0 Å². The lowest BCUT2D eigenvalue weighted by atomic mass is 10.1. The van der Waals surface area contributed by atoms with Crippen molar-refractivity contribution < 1.29 is 9.53 Å². The number of aliphatic imine (C=N–C) groups is 1. The number of thioether (sulfide) groups is 1. The molecule has 28 heavy (non-hydrogen) atoms. The molecule has 3 rings (SSSR count). The van der Waals surface area contributed by atoms with E-state index in [0.29, 0.717) is 33.1 Å². The number of ether oxygens (including phenoxy) is 1. The Kier molecular flexibility index (Phi) is 6.60. The summed E-state index contributed by atoms with van der Waals surface area (Å²) in [5, 5.41) is 1.04. The maximum atomic E-state index is 13.1. The van der Waals surface area contributed by atoms with Gasteiger partial charge in [0, 0.05) is 5.75 Å². The number of hydrogen-bond acceptors (Lipinski definition) is 4. The molecule has 6 heteroatoms. The smallest absolute Gasteiger partial charge is 0.283 e. The second kappa shape index (κ2) is 9.13. The van der Waals surface area contributed by atoms with Gasteiger partial charge in [0.1, 0.15) is 11.4 Å². The first-order chi connectivity index (χ1) is 13.6. The van der Waals surface area contributed by atoms with Gasteiger partial charge in [-0.05, 0) is 41.8 Å². The maximum Gasteiger partial charge on any atom is 0.283 e. The van der Waals surface area contributed by atoms with Gasteiger partial charge in [-0.15, -0.1) is 6.58 Å². The Bertz CT molecular complexity index is 952. The van der Waals surface area contributed by atoms with Crippen molar-refractivity contribution in [3.63, 3.8) is 0 Å². The van der Waals surface area contributed by atoms with Crippen LogP contribution in [0.4, 0.5) is 5.69 Å². The van der Waals surface area contributed by atoms with Gasteiger partial charge in [-0.25, -0.2) is 4.99 Å². The van der Waals surface area contributed by atoms with Crippen LogP contribution in [0, 0.1) is 0 Å². The van der Waals surface area contributed by atoms with E-state index in [1.807, 2.05) is 12.1 Å². The number of carbonyl (C=O) groups is 1. The number of amidine groups is 1. The zero-order valence-electron chi connectivity index (χ0n) is 15.8. The van der Waals surface area contributed by atoms with Gasteiger partial charge in [0.25, 0.3) is 5.91 Å². The molecule has 0 spiro atoms. The molecule has 0 bridgehead atoms. The van der Waals surface area contributed by atoms with Gasteiger partial charge in [0.2, 0.25) is 0 Å². The van der Waals surface area contributed by atoms with Crippen LogP contribution in [-0.2, 0) is 11.2 Å². The van der Waals surface area contributed by atoms with Crippen molar-refractivity contribution in [2.45, 2.75) is 13.3 Å². The summed E-state index contributed by atoms with van der Waals surface area (Å²) >= 11 is 7.71. The molecule has 144 valence electrons. The highest BCUT2D eigenvalue weighted by Gasteiger charge is 2.32. The first-order valence-electron chi connectivity index (χ1n) is 8.88. The van der Waals surface area contributed by atoms with E-state index in [2.05, 4.69) is 30.6 Å². The highest BCUT2D eigenvalue weighted by atomic mass is 35.5. The quantitative estimate of drug-likeness (QED) is 0.459. The van der Waals surface area contributed by atoms with Gasteiger partial charge in [-0.2, -0.15) is 0 Å². The number of rotatable bonds is 6. The van der Waals surface area contributed by atoms with Crippen molar-refractivity contribution >= 4 is 46.2 Å².